The number of para-hydroxylation sites is 1. The summed E-state index contributed by atoms with van der Waals surface area (Å²) in [4.78, 5) is 0. The van der Waals surface area contributed by atoms with Gasteiger partial charge in [-0.1, -0.05) is 59.8 Å². The van der Waals surface area contributed by atoms with Crippen LogP contribution in [0.25, 0.3) is 11.0 Å². The summed E-state index contributed by atoms with van der Waals surface area (Å²) in [6, 6.07) is 24.7. The zero-order valence-corrected chi connectivity index (χ0v) is 13.0. The smallest absolute Gasteiger partial charge is 0.123 e. The molecule has 0 saturated heterocycles. The zero-order valence-electron chi connectivity index (χ0n) is 13.0. The summed E-state index contributed by atoms with van der Waals surface area (Å²) in [5, 5.41) is 8.63. The number of benzene rings is 3. The largest absolute Gasteiger partial charge is 0.237 e. The van der Waals surface area contributed by atoms with Crippen LogP contribution in [0.1, 0.15) is 17.2 Å². The SMILES string of the molecule is Fc1ccc(C(Cc2ccccc2)n2nnc3ccccc32)cc1. The van der Waals surface area contributed by atoms with Crippen molar-refractivity contribution in [1.29, 1.82) is 0 Å². The van der Waals surface area contributed by atoms with Crippen LogP contribution >= 0.6 is 0 Å². The minimum absolute atomic E-state index is 0.0413. The Labute approximate surface area is 139 Å². The number of aromatic nitrogens is 3. The van der Waals surface area contributed by atoms with Gasteiger partial charge < -0.3 is 0 Å². The van der Waals surface area contributed by atoms with Crippen LogP contribution in [0, 0.1) is 5.82 Å². The molecule has 1 heterocycles. The van der Waals surface area contributed by atoms with Crippen LogP contribution in [-0.4, -0.2) is 15.0 Å². The fourth-order valence-electron chi connectivity index (χ4n) is 2.99. The number of hydrogen-bond acceptors (Lipinski definition) is 2. The van der Waals surface area contributed by atoms with Gasteiger partial charge in [0, 0.05) is 0 Å². The Balaban J connectivity index is 1.82. The number of hydrogen-bond donors (Lipinski definition) is 0. The minimum atomic E-state index is -0.236. The van der Waals surface area contributed by atoms with Crippen molar-refractivity contribution in [3.05, 3.63) is 95.8 Å². The van der Waals surface area contributed by atoms with Crippen molar-refractivity contribution in [3.8, 4) is 0 Å². The Morgan fingerprint density at radius 3 is 2.33 bits per heavy atom. The molecule has 0 radical (unpaired) electrons. The van der Waals surface area contributed by atoms with Crippen LogP contribution in [0.2, 0.25) is 0 Å². The van der Waals surface area contributed by atoms with Crippen LogP contribution in [0.4, 0.5) is 4.39 Å². The molecule has 3 nitrogen and oxygen atoms in total. The molecule has 0 spiro atoms. The number of nitrogens with zero attached hydrogens (tertiary/aromatic N) is 3. The first-order chi connectivity index (χ1) is 11.8. The van der Waals surface area contributed by atoms with E-state index in [-0.39, 0.29) is 11.9 Å². The fourth-order valence-corrected chi connectivity index (χ4v) is 2.99. The topological polar surface area (TPSA) is 30.7 Å². The molecule has 4 aromatic rings. The second-order valence-electron chi connectivity index (χ2n) is 5.78. The first-order valence-corrected chi connectivity index (χ1v) is 7.90. The van der Waals surface area contributed by atoms with E-state index in [1.54, 1.807) is 0 Å². The lowest BCUT2D eigenvalue weighted by Gasteiger charge is -2.18. The van der Waals surface area contributed by atoms with Gasteiger partial charge in [-0.2, -0.15) is 0 Å². The summed E-state index contributed by atoms with van der Waals surface area (Å²) in [6.45, 7) is 0. The van der Waals surface area contributed by atoms with E-state index in [1.165, 1.54) is 17.7 Å². The van der Waals surface area contributed by atoms with Crippen molar-refractivity contribution in [2.24, 2.45) is 0 Å². The molecule has 0 N–H and O–H groups in total. The third-order valence-electron chi connectivity index (χ3n) is 4.20. The molecular weight excluding hydrogens is 301 g/mol. The average Bonchev–Trinajstić information content (AvgIpc) is 3.05. The molecule has 118 valence electrons. The molecule has 0 saturated carbocycles. The summed E-state index contributed by atoms with van der Waals surface area (Å²) in [5.74, 6) is -0.236. The first kappa shape index (κ1) is 14.6. The normalized spacial score (nSPS) is 12.4. The molecular formula is C20H16FN3. The Bertz CT molecular complexity index is 945. The van der Waals surface area contributed by atoms with E-state index in [0.29, 0.717) is 0 Å². The van der Waals surface area contributed by atoms with Crippen molar-refractivity contribution in [1.82, 2.24) is 15.0 Å². The van der Waals surface area contributed by atoms with E-state index < -0.39 is 0 Å². The molecule has 0 aliphatic heterocycles. The summed E-state index contributed by atoms with van der Waals surface area (Å²) in [6.07, 6.45) is 0.764. The average molecular weight is 317 g/mol. The molecule has 0 amide bonds. The third kappa shape index (κ3) is 2.78. The van der Waals surface area contributed by atoms with Gasteiger partial charge in [0.1, 0.15) is 11.3 Å². The lowest BCUT2D eigenvalue weighted by Crippen LogP contribution is -2.15. The molecule has 1 aromatic heterocycles. The molecule has 1 atom stereocenters. The molecule has 0 fully saturated rings. The molecule has 1 unspecified atom stereocenters. The van der Waals surface area contributed by atoms with E-state index >= 15 is 0 Å². The van der Waals surface area contributed by atoms with E-state index in [4.69, 9.17) is 0 Å². The van der Waals surface area contributed by atoms with Gasteiger partial charge in [0.2, 0.25) is 0 Å². The lowest BCUT2D eigenvalue weighted by molar-refractivity contribution is 0.517. The Hall–Kier alpha value is -3.01. The lowest BCUT2D eigenvalue weighted by atomic mass is 9.98. The number of rotatable bonds is 4. The van der Waals surface area contributed by atoms with E-state index in [2.05, 4.69) is 22.4 Å². The molecule has 24 heavy (non-hydrogen) atoms. The third-order valence-corrected chi connectivity index (χ3v) is 4.20. The van der Waals surface area contributed by atoms with Gasteiger partial charge in [-0.15, -0.1) is 5.10 Å². The predicted octanol–water partition coefficient (Wildman–Crippen LogP) is 4.40. The van der Waals surface area contributed by atoms with Gasteiger partial charge in [0.05, 0.1) is 11.6 Å². The minimum Gasteiger partial charge on any atom is -0.237 e. The second-order valence-corrected chi connectivity index (χ2v) is 5.78. The van der Waals surface area contributed by atoms with Crippen molar-refractivity contribution < 1.29 is 4.39 Å². The highest BCUT2D eigenvalue weighted by Crippen LogP contribution is 2.26. The summed E-state index contributed by atoms with van der Waals surface area (Å²) in [5.41, 5.74) is 4.04. The van der Waals surface area contributed by atoms with Gasteiger partial charge in [-0.3, -0.25) is 0 Å². The molecule has 4 rings (SSSR count). The van der Waals surface area contributed by atoms with E-state index in [1.807, 2.05) is 59.3 Å². The quantitative estimate of drug-likeness (QED) is 0.558. The van der Waals surface area contributed by atoms with E-state index in [0.717, 1.165) is 23.0 Å². The van der Waals surface area contributed by atoms with Gasteiger partial charge in [0.25, 0.3) is 0 Å². The van der Waals surface area contributed by atoms with E-state index in [9.17, 15) is 4.39 Å². The standard InChI is InChI=1S/C20H16FN3/c21-17-12-10-16(11-13-17)20(14-15-6-2-1-3-7-15)24-19-9-5-4-8-18(19)22-23-24/h1-13,20H,14H2. The van der Waals surface area contributed by atoms with Crippen molar-refractivity contribution in [2.75, 3.05) is 0 Å². The fraction of sp³-hybridized carbons (Fsp3) is 0.100. The highest BCUT2D eigenvalue weighted by Gasteiger charge is 2.18. The monoisotopic (exact) mass is 317 g/mol. The molecule has 4 heteroatoms. The number of fused-ring (bicyclic) bond motifs is 1. The van der Waals surface area contributed by atoms with Crippen LogP contribution in [-0.2, 0) is 6.42 Å². The van der Waals surface area contributed by atoms with Crippen LogP contribution < -0.4 is 0 Å². The highest BCUT2D eigenvalue weighted by atomic mass is 19.1. The van der Waals surface area contributed by atoms with Gasteiger partial charge in [0.15, 0.2) is 0 Å². The molecule has 0 aliphatic carbocycles. The molecule has 0 aliphatic rings. The molecule has 0 bridgehead atoms. The summed E-state index contributed by atoms with van der Waals surface area (Å²) in [7, 11) is 0. The molecule has 3 aromatic carbocycles. The van der Waals surface area contributed by atoms with Crippen molar-refractivity contribution in [3.63, 3.8) is 0 Å². The summed E-state index contributed by atoms with van der Waals surface area (Å²) >= 11 is 0. The van der Waals surface area contributed by atoms with Crippen molar-refractivity contribution >= 4 is 11.0 Å². The Morgan fingerprint density at radius 2 is 1.54 bits per heavy atom. The number of halogens is 1. The van der Waals surface area contributed by atoms with Crippen LogP contribution in [0.3, 0.4) is 0 Å². The maximum Gasteiger partial charge on any atom is 0.123 e. The summed E-state index contributed by atoms with van der Waals surface area (Å²) < 4.78 is 15.3. The maximum atomic E-state index is 13.3. The second kappa shape index (κ2) is 6.24. The Kier molecular flexibility index (Phi) is 3.79. The van der Waals surface area contributed by atoms with Gasteiger partial charge in [-0.05, 0) is 41.8 Å². The zero-order chi connectivity index (χ0) is 16.4. The predicted molar refractivity (Wildman–Crippen MR) is 92.2 cm³/mol. The Morgan fingerprint density at radius 1 is 0.833 bits per heavy atom. The van der Waals surface area contributed by atoms with Gasteiger partial charge >= 0.3 is 0 Å². The maximum absolute atomic E-state index is 13.3. The van der Waals surface area contributed by atoms with Gasteiger partial charge in [-0.25, -0.2) is 9.07 Å². The first-order valence-electron chi connectivity index (χ1n) is 7.90. The van der Waals surface area contributed by atoms with Crippen LogP contribution in [0.5, 0.6) is 0 Å². The highest BCUT2D eigenvalue weighted by molar-refractivity contribution is 5.74. The van der Waals surface area contributed by atoms with Crippen molar-refractivity contribution in [2.45, 2.75) is 12.5 Å². The van der Waals surface area contributed by atoms with Crippen LogP contribution in [0.15, 0.2) is 78.9 Å².